The molecule has 1 aromatic carbocycles. The van der Waals surface area contributed by atoms with E-state index in [1.165, 1.54) is 35.9 Å². The minimum Gasteiger partial charge on any atom is -0.299 e. The van der Waals surface area contributed by atoms with Crippen molar-refractivity contribution in [3.05, 3.63) is 35.9 Å². The van der Waals surface area contributed by atoms with Gasteiger partial charge in [0.25, 0.3) is 0 Å². The molecule has 0 N–H and O–H groups in total. The van der Waals surface area contributed by atoms with Crippen LogP contribution in [-0.4, -0.2) is 22.4 Å². The maximum Gasteiger partial charge on any atom is 0.0233 e. The van der Waals surface area contributed by atoms with Crippen LogP contribution in [0.3, 0.4) is 0 Å². The van der Waals surface area contributed by atoms with Crippen LogP contribution in [0.2, 0.25) is 0 Å². The lowest BCUT2D eigenvalue weighted by molar-refractivity contribution is 0.307. The van der Waals surface area contributed by atoms with Crippen LogP contribution >= 0.6 is 22.6 Å². The highest BCUT2D eigenvalue weighted by atomic mass is 127. The zero-order valence-corrected chi connectivity index (χ0v) is 12.3. The Balaban J connectivity index is 1.51. The average Bonchev–Trinajstić information content (AvgIpc) is 3.03. The molecule has 1 aromatic rings. The standard InChI is InChI=1S/C15H20IN/c16-9-14-8-15(14)13-6-7-17(11-13)10-12-4-2-1-3-5-12/h1-5,13-15H,6-11H2. The third-order valence-corrected chi connectivity index (χ3v) is 5.47. The van der Waals surface area contributed by atoms with Gasteiger partial charge in [0.1, 0.15) is 0 Å². The largest absolute Gasteiger partial charge is 0.299 e. The zero-order valence-electron chi connectivity index (χ0n) is 10.2. The Hall–Kier alpha value is -0.0900. The lowest BCUT2D eigenvalue weighted by Gasteiger charge is -2.16. The van der Waals surface area contributed by atoms with Gasteiger partial charge < -0.3 is 0 Å². The van der Waals surface area contributed by atoms with Crippen molar-refractivity contribution in [3.8, 4) is 0 Å². The van der Waals surface area contributed by atoms with Gasteiger partial charge in [0, 0.05) is 17.5 Å². The van der Waals surface area contributed by atoms with E-state index < -0.39 is 0 Å². The highest BCUT2D eigenvalue weighted by Gasteiger charge is 2.43. The minimum absolute atomic E-state index is 0.999. The van der Waals surface area contributed by atoms with Gasteiger partial charge in [0.15, 0.2) is 0 Å². The van der Waals surface area contributed by atoms with E-state index in [9.17, 15) is 0 Å². The fourth-order valence-electron chi connectivity index (χ4n) is 3.22. The molecule has 0 aromatic heterocycles. The van der Waals surface area contributed by atoms with Crippen LogP contribution < -0.4 is 0 Å². The van der Waals surface area contributed by atoms with Crippen LogP contribution in [0, 0.1) is 17.8 Å². The second-order valence-electron chi connectivity index (χ2n) is 5.58. The summed E-state index contributed by atoms with van der Waals surface area (Å²) in [4.78, 5) is 2.64. The predicted octanol–water partition coefficient (Wildman–Crippen LogP) is 3.58. The Labute approximate surface area is 118 Å². The van der Waals surface area contributed by atoms with Crippen molar-refractivity contribution < 1.29 is 0 Å². The molecule has 0 bridgehead atoms. The van der Waals surface area contributed by atoms with E-state index in [0.717, 1.165) is 24.3 Å². The summed E-state index contributed by atoms with van der Waals surface area (Å²) >= 11 is 2.55. The first-order valence-electron chi connectivity index (χ1n) is 6.69. The van der Waals surface area contributed by atoms with Gasteiger partial charge in [-0.15, -0.1) is 0 Å². The SMILES string of the molecule is ICC1CC1C1CCN(Cc2ccccc2)C1. The number of nitrogens with zero attached hydrogens (tertiary/aromatic N) is 1. The van der Waals surface area contributed by atoms with Crippen LogP contribution in [-0.2, 0) is 6.54 Å². The van der Waals surface area contributed by atoms with Crippen LogP contribution in [0.1, 0.15) is 18.4 Å². The summed E-state index contributed by atoms with van der Waals surface area (Å²) in [5, 5.41) is 0. The van der Waals surface area contributed by atoms with E-state index in [2.05, 4.69) is 57.8 Å². The first-order chi connectivity index (χ1) is 8.36. The normalized spacial score (nSPS) is 32.9. The van der Waals surface area contributed by atoms with Crippen molar-refractivity contribution in [2.24, 2.45) is 17.8 Å². The molecular formula is C15H20IN. The summed E-state index contributed by atoms with van der Waals surface area (Å²) in [5.74, 6) is 3.11. The number of hydrogen-bond acceptors (Lipinski definition) is 1. The molecule has 2 heteroatoms. The van der Waals surface area contributed by atoms with E-state index in [1.54, 1.807) is 0 Å². The molecule has 1 saturated heterocycles. The number of rotatable bonds is 4. The number of likely N-dealkylation sites (tertiary alicyclic amines) is 1. The van der Waals surface area contributed by atoms with Gasteiger partial charge in [-0.05, 0) is 42.7 Å². The summed E-state index contributed by atoms with van der Waals surface area (Å²) in [5.41, 5.74) is 1.47. The van der Waals surface area contributed by atoms with Crippen LogP contribution in [0.15, 0.2) is 30.3 Å². The molecule has 17 heavy (non-hydrogen) atoms. The number of hydrogen-bond donors (Lipinski definition) is 0. The summed E-state index contributed by atoms with van der Waals surface area (Å²) in [6, 6.07) is 10.9. The maximum absolute atomic E-state index is 2.64. The highest BCUT2D eigenvalue weighted by Crippen LogP contribution is 2.48. The Morgan fingerprint density at radius 2 is 2.06 bits per heavy atom. The number of halogens is 1. The molecule has 3 rings (SSSR count). The molecule has 2 fully saturated rings. The maximum atomic E-state index is 2.64. The van der Waals surface area contributed by atoms with E-state index >= 15 is 0 Å². The first-order valence-corrected chi connectivity index (χ1v) is 8.21. The highest BCUT2D eigenvalue weighted by molar-refractivity contribution is 14.1. The van der Waals surface area contributed by atoms with Crippen LogP contribution in [0.4, 0.5) is 0 Å². The first kappa shape index (κ1) is 12.0. The van der Waals surface area contributed by atoms with Crippen LogP contribution in [0.25, 0.3) is 0 Å². The molecule has 1 saturated carbocycles. The van der Waals surface area contributed by atoms with Crippen molar-refractivity contribution in [3.63, 3.8) is 0 Å². The summed E-state index contributed by atoms with van der Waals surface area (Å²) in [7, 11) is 0. The Morgan fingerprint density at radius 3 is 2.76 bits per heavy atom. The average molecular weight is 341 g/mol. The quantitative estimate of drug-likeness (QED) is 0.598. The van der Waals surface area contributed by atoms with Gasteiger partial charge in [-0.2, -0.15) is 0 Å². The molecule has 3 atom stereocenters. The number of alkyl halides is 1. The van der Waals surface area contributed by atoms with Gasteiger partial charge >= 0.3 is 0 Å². The molecule has 1 aliphatic heterocycles. The third-order valence-electron chi connectivity index (χ3n) is 4.34. The van der Waals surface area contributed by atoms with E-state index in [-0.39, 0.29) is 0 Å². The van der Waals surface area contributed by atoms with Crippen molar-refractivity contribution in [1.82, 2.24) is 4.90 Å². The van der Waals surface area contributed by atoms with Gasteiger partial charge in [-0.1, -0.05) is 52.9 Å². The summed E-state index contributed by atoms with van der Waals surface area (Å²) in [6.45, 7) is 3.80. The number of benzene rings is 1. The second kappa shape index (κ2) is 5.27. The monoisotopic (exact) mass is 341 g/mol. The molecule has 2 aliphatic rings. The molecule has 1 heterocycles. The minimum atomic E-state index is 0.999. The smallest absolute Gasteiger partial charge is 0.0233 e. The molecule has 0 amide bonds. The molecule has 0 spiro atoms. The second-order valence-corrected chi connectivity index (χ2v) is 6.46. The lowest BCUT2D eigenvalue weighted by Crippen LogP contribution is -2.20. The van der Waals surface area contributed by atoms with E-state index in [4.69, 9.17) is 0 Å². The molecular weight excluding hydrogens is 321 g/mol. The van der Waals surface area contributed by atoms with E-state index in [1.807, 2.05) is 0 Å². The molecule has 1 nitrogen and oxygen atoms in total. The van der Waals surface area contributed by atoms with E-state index in [0.29, 0.717) is 0 Å². The van der Waals surface area contributed by atoms with Gasteiger partial charge in [0.2, 0.25) is 0 Å². The summed E-state index contributed by atoms with van der Waals surface area (Å²) in [6.07, 6.45) is 2.94. The Bertz CT molecular complexity index is 364. The van der Waals surface area contributed by atoms with Crippen molar-refractivity contribution in [2.75, 3.05) is 17.5 Å². The molecule has 3 unspecified atom stereocenters. The van der Waals surface area contributed by atoms with Crippen molar-refractivity contribution >= 4 is 22.6 Å². The molecule has 92 valence electrons. The van der Waals surface area contributed by atoms with Gasteiger partial charge in [-0.25, -0.2) is 0 Å². The van der Waals surface area contributed by atoms with Crippen LogP contribution in [0.5, 0.6) is 0 Å². The van der Waals surface area contributed by atoms with Gasteiger partial charge in [0.05, 0.1) is 0 Å². The molecule has 0 radical (unpaired) electrons. The fraction of sp³-hybridized carbons (Fsp3) is 0.600. The zero-order chi connectivity index (χ0) is 11.7. The molecule has 1 aliphatic carbocycles. The lowest BCUT2D eigenvalue weighted by atomic mass is 10.0. The van der Waals surface area contributed by atoms with Crippen molar-refractivity contribution in [1.29, 1.82) is 0 Å². The fourth-order valence-corrected chi connectivity index (χ4v) is 4.24. The Morgan fingerprint density at radius 1 is 1.24 bits per heavy atom. The Kier molecular flexibility index (Phi) is 3.71. The van der Waals surface area contributed by atoms with Gasteiger partial charge in [-0.3, -0.25) is 4.90 Å². The summed E-state index contributed by atoms with van der Waals surface area (Å²) < 4.78 is 1.37. The predicted molar refractivity (Wildman–Crippen MR) is 80.3 cm³/mol. The topological polar surface area (TPSA) is 3.24 Å². The van der Waals surface area contributed by atoms with Crippen molar-refractivity contribution in [2.45, 2.75) is 19.4 Å². The third kappa shape index (κ3) is 2.84.